The van der Waals surface area contributed by atoms with Crippen molar-refractivity contribution in [2.45, 2.75) is 76.3 Å². The summed E-state index contributed by atoms with van der Waals surface area (Å²) in [5.41, 5.74) is 1.72. The summed E-state index contributed by atoms with van der Waals surface area (Å²) in [7, 11) is 0. The van der Waals surface area contributed by atoms with Crippen molar-refractivity contribution in [2.75, 3.05) is 13.1 Å². The molecule has 3 heteroatoms. The van der Waals surface area contributed by atoms with E-state index >= 15 is 0 Å². The summed E-state index contributed by atoms with van der Waals surface area (Å²) in [6.07, 6.45) is 8.47. The van der Waals surface area contributed by atoms with Gasteiger partial charge in [0.05, 0.1) is 0 Å². The molecule has 6 atom stereocenters. The molecule has 0 radical (unpaired) electrons. The normalized spacial score (nSPS) is 44.6. The molecule has 1 aliphatic heterocycles. The Labute approximate surface area is 168 Å². The Bertz CT molecular complexity index is 750. The fourth-order valence-corrected chi connectivity index (χ4v) is 8.02. The lowest BCUT2D eigenvalue weighted by Gasteiger charge is -2.66. The molecule has 4 bridgehead atoms. The maximum Gasteiger partial charge on any atom is 0.139 e. The van der Waals surface area contributed by atoms with Crippen molar-refractivity contribution in [3.63, 3.8) is 0 Å². The second kappa shape index (κ2) is 6.65. The SMILES string of the molecule is CC[C@]12CC3CC(C(=O)C[C@H]4CCNC[C@@H]4F)(C1)C[C@@](c1ccccc1)(C3)C2. The first-order valence-corrected chi connectivity index (χ1v) is 11.4. The summed E-state index contributed by atoms with van der Waals surface area (Å²) in [6, 6.07) is 11.0. The lowest BCUT2D eigenvalue weighted by atomic mass is 9.37. The molecule has 0 spiro atoms. The summed E-state index contributed by atoms with van der Waals surface area (Å²) >= 11 is 0. The van der Waals surface area contributed by atoms with E-state index < -0.39 is 6.17 Å². The summed E-state index contributed by atoms with van der Waals surface area (Å²) in [6.45, 7) is 3.59. The van der Waals surface area contributed by atoms with Crippen molar-refractivity contribution in [1.29, 1.82) is 0 Å². The van der Waals surface area contributed by atoms with Gasteiger partial charge in [0.25, 0.3) is 0 Å². The zero-order chi connectivity index (χ0) is 19.4. The monoisotopic (exact) mass is 383 g/mol. The molecule has 0 amide bonds. The minimum atomic E-state index is -0.866. The molecule has 1 aromatic rings. The molecule has 2 unspecified atom stereocenters. The van der Waals surface area contributed by atoms with Gasteiger partial charge in [0.2, 0.25) is 0 Å². The van der Waals surface area contributed by atoms with Gasteiger partial charge in [-0.1, -0.05) is 43.7 Å². The average Bonchev–Trinajstić information content (AvgIpc) is 2.69. The van der Waals surface area contributed by atoms with Gasteiger partial charge >= 0.3 is 0 Å². The number of Topliss-reactive ketones (excluding diaryl/α,β-unsaturated/α-hetero) is 1. The number of carbonyl (C=O) groups excluding carboxylic acids is 1. The van der Waals surface area contributed by atoms with Crippen LogP contribution in [0.4, 0.5) is 4.39 Å². The fraction of sp³-hybridized carbons (Fsp3) is 0.720. The number of nitrogens with one attached hydrogen (secondary N) is 1. The van der Waals surface area contributed by atoms with Crippen molar-refractivity contribution in [3.8, 4) is 0 Å². The third kappa shape index (κ3) is 2.88. The second-order valence-corrected chi connectivity index (χ2v) is 10.7. The Kier molecular flexibility index (Phi) is 4.46. The predicted molar refractivity (Wildman–Crippen MR) is 110 cm³/mol. The summed E-state index contributed by atoms with van der Waals surface area (Å²) in [5.74, 6) is 0.978. The topological polar surface area (TPSA) is 29.1 Å². The highest BCUT2D eigenvalue weighted by Gasteiger charge is 2.65. The summed E-state index contributed by atoms with van der Waals surface area (Å²) in [4.78, 5) is 13.8. The Morgan fingerprint density at radius 2 is 1.96 bits per heavy atom. The van der Waals surface area contributed by atoms with Gasteiger partial charge < -0.3 is 5.32 Å². The third-order valence-electron chi connectivity index (χ3n) is 8.90. The lowest BCUT2D eigenvalue weighted by Crippen LogP contribution is -2.61. The van der Waals surface area contributed by atoms with Gasteiger partial charge in [-0.2, -0.15) is 0 Å². The van der Waals surface area contributed by atoms with Gasteiger partial charge in [0.15, 0.2) is 0 Å². The summed E-state index contributed by atoms with van der Waals surface area (Å²) in [5, 5.41) is 3.13. The van der Waals surface area contributed by atoms with E-state index in [0.29, 0.717) is 30.1 Å². The Hall–Kier alpha value is -1.22. The maximum absolute atomic E-state index is 14.4. The fourth-order valence-electron chi connectivity index (χ4n) is 8.02. The average molecular weight is 384 g/mol. The number of hydrogen-bond acceptors (Lipinski definition) is 2. The van der Waals surface area contributed by atoms with Gasteiger partial charge in [-0.25, -0.2) is 4.39 Å². The molecule has 5 fully saturated rings. The number of carbonyl (C=O) groups is 1. The third-order valence-corrected chi connectivity index (χ3v) is 8.90. The number of benzene rings is 1. The molecule has 1 saturated heterocycles. The van der Waals surface area contributed by atoms with Gasteiger partial charge in [-0.15, -0.1) is 0 Å². The Morgan fingerprint density at radius 1 is 1.14 bits per heavy atom. The highest BCUT2D eigenvalue weighted by atomic mass is 19.1. The van der Waals surface area contributed by atoms with Crippen LogP contribution < -0.4 is 5.32 Å². The van der Waals surface area contributed by atoms with Gasteiger partial charge in [0, 0.05) is 18.4 Å². The minimum Gasteiger partial charge on any atom is -0.314 e. The van der Waals surface area contributed by atoms with Crippen molar-refractivity contribution in [2.24, 2.45) is 22.7 Å². The van der Waals surface area contributed by atoms with E-state index in [-0.39, 0.29) is 16.7 Å². The van der Waals surface area contributed by atoms with E-state index in [0.717, 1.165) is 32.2 Å². The minimum absolute atomic E-state index is 0.0768. The van der Waals surface area contributed by atoms with Crippen LogP contribution in [0.2, 0.25) is 0 Å². The molecular formula is C25H34FNO. The van der Waals surface area contributed by atoms with E-state index in [1.165, 1.54) is 31.2 Å². The predicted octanol–water partition coefficient (Wildman–Crippen LogP) is 5.21. The van der Waals surface area contributed by atoms with Crippen LogP contribution in [0.1, 0.15) is 70.3 Å². The van der Waals surface area contributed by atoms with Crippen LogP contribution in [-0.4, -0.2) is 25.0 Å². The van der Waals surface area contributed by atoms with E-state index in [1.807, 2.05) is 0 Å². The van der Waals surface area contributed by atoms with E-state index in [1.54, 1.807) is 0 Å². The van der Waals surface area contributed by atoms with Crippen molar-refractivity contribution in [1.82, 2.24) is 5.32 Å². The largest absolute Gasteiger partial charge is 0.314 e. The van der Waals surface area contributed by atoms with Gasteiger partial charge in [-0.3, -0.25) is 4.79 Å². The van der Waals surface area contributed by atoms with Crippen molar-refractivity contribution < 1.29 is 9.18 Å². The number of piperidine rings is 1. The number of hydrogen-bond donors (Lipinski definition) is 1. The summed E-state index contributed by atoms with van der Waals surface area (Å²) < 4.78 is 14.4. The van der Waals surface area contributed by atoms with E-state index in [4.69, 9.17) is 0 Å². The highest BCUT2D eigenvalue weighted by Crippen LogP contribution is 2.71. The van der Waals surface area contributed by atoms with E-state index in [9.17, 15) is 9.18 Å². The molecule has 28 heavy (non-hydrogen) atoms. The number of rotatable bonds is 5. The molecule has 1 heterocycles. The molecule has 5 aliphatic rings. The standard InChI is InChI=1S/C25H34FNO/c1-2-23-11-18-12-24(15-23,20-6-4-3-5-7-20)17-25(13-18,16-23)22(28)10-19-8-9-27-14-21(19)26/h3-7,18-19,21,27H,2,8-17H2,1H3/t18?,19-,21+,23-,24-,25?/m1/s1. The first kappa shape index (κ1) is 18.8. The van der Waals surface area contributed by atoms with Crippen LogP contribution in [-0.2, 0) is 10.2 Å². The molecule has 1 aromatic carbocycles. The van der Waals surface area contributed by atoms with Crippen LogP contribution in [0.15, 0.2) is 30.3 Å². The van der Waals surface area contributed by atoms with Crippen molar-refractivity contribution >= 4 is 5.78 Å². The molecular weight excluding hydrogens is 349 g/mol. The molecule has 0 aromatic heterocycles. The molecule has 4 saturated carbocycles. The van der Waals surface area contributed by atoms with Crippen molar-refractivity contribution in [3.05, 3.63) is 35.9 Å². The van der Waals surface area contributed by atoms with E-state index in [2.05, 4.69) is 42.6 Å². The molecule has 6 rings (SSSR count). The number of ketones is 1. The Balaban J connectivity index is 1.48. The quantitative estimate of drug-likeness (QED) is 0.756. The molecule has 1 N–H and O–H groups in total. The zero-order valence-corrected chi connectivity index (χ0v) is 17.2. The lowest BCUT2D eigenvalue weighted by molar-refractivity contribution is -0.162. The van der Waals surface area contributed by atoms with Crippen LogP contribution in [0.3, 0.4) is 0 Å². The maximum atomic E-state index is 14.4. The second-order valence-electron chi connectivity index (χ2n) is 10.7. The molecule has 4 aliphatic carbocycles. The van der Waals surface area contributed by atoms with Gasteiger partial charge in [-0.05, 0) is 79.7 Å². The van der Waals surface area contributed by atoms with Gasteiger partial charge in [0.1, 0.15) is 12.0 Å². The smallest absolute Gasteiger partial charge is 0.139 e. The highest BCUT2D eigenvalue weighted by molar-refractivity contribution is 5.86. The molecule has 152 valence electrons. The van der Waals surface area contributed by atoms with Crippen LogP contribution in [0, 0.1) is 22.7 Å². The number of alkyl halides is 1. The Morgan fingerprint density at radius 3 is 2.71 bits per heavy atom. The first-order chi connectivity index (χ1) is 13.5. The number of halogens is 1. The van der Waals surface area contributed by atoms with Crippen LogP contribution in [0.5, 0.6) is 0 Å². The zero-order valence-electron chi connectivity index (χ0n) is 17.2. The van der Waals surface area contributed by atoms with Crippen LogP contribution >= 0.6 is 0 Å². The molecule has 2 nitrogen and oxygen atoms in total. The first-order valence-electron chi connectivity index (χ1n) is 11.4. The van der Waals surface area contributed by atoms with Crippen LogP contribution in [0.25, 0.3) is 0 Å².